The summed E-state index contributed by atoms with van der Waals surface area (Å²) in [7, 11) is 1.69. The van der Waals surface area contributed by atoms with Crippen molar-refractivity contribution in [3.8, 4) is 0 Å². The van der Waals surface area contributed by atoms with E-state index in [1.54, 1.807) is 7.05 Å². The average molecular weight is 420 g/mol. The third-order valence-electron chi connectivity index (χ3n) is 4.95. The van der Waals surface area contributed by atoms with Gasteiger partial charge < -0.3 is 19.9 Å². The predicted molar refractivity (Wildman–Crippen MR) is 113 cm³/mol. The summed E-state index contributed by atoms with van der Waals surface area (Å²) >= 11 is 1.43. The van der Waals surface area contributed by atoms with E-state index in [4.69, 9.17) is 4.74 Å². The molecule has 1 N–H and O–H groups in total. The van der Waals surface area contributed by atoms with Crippen LogP contribution in [0.2, 0.25) is 0 Å². The van der Waals surface area contributed by atoms with E-state index < -0.39 is 16.9 Å². The summed E-state index contributed by atoms with van der Waals surface area (Å²) < 4.78 is 5.40. The molecule has 8 heteroatoms. The lowest BCUT2D eigenvalue weighted by Gasteiger charge is -2.31. The van der Waals surface area contributed by atoms with E-state index in [1.807, 2.05) is 49.9 Å². The molecule has 3 amide bonds. The van der Waals surface area contributed by atoms with Gasteiger partial charge in [-0.15, -0.1) is 11.8 Å². The van der Waals surface area contributed by atoms with E-state index >= 15 is 0 Å². The number of ether oxygens (including phenoxy) is 1. The Kier molecular flexibility index (Phi) is 6.41. The van der Waals surface area contributed by atoms with E-state index in [-0.39, 0.29) is 24.3 Å². The molecule has 0 radical (unpaired) electrons. The minimum atomic E-state index is -0.557. The van der Waals surface area contributed by atoms with E-state index in [0.29, 0.717) is 13.1 Å². The number of para-hydroxylation sites is 1. The maximum atomic E-state index is 13.0. The van der Waals surface area contributed by atoms with Crippen molar-refractivity contribution in [3.63, 3.8) is 0 Å². The summed E-state index contributed by atoms with van der Waals surface area (Å²) in [6.45, 7) is 6.56. The Labute approximate surface area is 176 Å². The van der Waals surface area contributed by atoms with E-state index in [1.165, 1.54) is 16.7 Å². The highest BCUT2D eigenvalue weighted by atomic mass is 32.2. The van der Waals surface area contributed by atoms with Crippen LogP contribution in [-0.4, -0.2) is 64.7 Å². The van der Waals surface area contributed by atoms with Crippen LogP contribution >= 0.6 is 11.8 Å². The molecule has 29 heavy (non-hydrogen) atoms. The van der Waals surface area contributed by atoms with Crippen molar-refractivity contribution in [2.45, 2.75) is 61.8 Å². The normalized spacial score (nSPS) is 21.4. The second-order valence-corrected chi connectivity index (χ2v) is 9.78. The fourth-order valence-electron chi connectivity index (χ4n) is 3.59. The van der Waals surface area contributed by atoms with Gasteiger partial charge >= 0.3 is 6.09 Å². The highest BCUT2D eigenvalue weighted by Gasteiger charge is 2.35. The SMILES string of the molecule is CN(C[C@H]1CCCN1C(=O)C[C@H]1Sc2ccccc2NC1=O)C(=O)OC(C)(C)C. The molecule has 1 aromatic carbocycles. The minimum Gasteiger partial charge on any atom is -0.444 e. The summed E-state index contributed by atoms with van der Waals surface area (Å²) in [6.07, 6.45) is 1.49. The molecule has 0 aromatic heterocycles. The van der Waals surface area contributed by atoms with Gasteiger partial charge in [-0.1, -0.05) is 12.1 Å². The molecule has 7 nitrogen and oxygen atoms in total. The van der Waals surface area contributed by atoms with Crippen LogP contribution in [0.25, 0.3) is 0 Å². The van der Waals surface area contributed by atoms with Crippen LogP contribution in [0.3, 0.4) is 0 Å². The molecule has 0 bridgehead atoms. The van der Waals surface area contributed by atoms with Gasteiger partial charge in [0.1, 0.15) is 5.60 Å². The zero-order valence-electron chi connectivity index (χ0n) is 17.4. The van der Waals surface area contributed by atoms with Crippen LogP contribution in [-0.2, 0) is 14.3 Å². The standard InChI is InChI=1S/C21H29N3O4S/c1-21(2,3)28-20(27)23(4)13-14-8-7-11-24(14)18(25)12-17-19(26)22-15-9-5-6-10-16(15)29-17/h5-6,9-10,14,17H,7-8,11-13H2,1-4H3,(H,22,26)/t14-,17-/m1/s1. The number of likely N-dealkylation sites (N-methyl/N-ethyl adjacent to an activating group) is 1. The molecular weight excluding hydrogens is 390 g/mol. The Balaban J connectivity index is 1.59. The fraction of sp³-hybridized carbons (Fsp3) is 0.571. The molecule has 1 saturated heterocycles. The van der Waals surface area contributed by atoms with Gasteiger partial charge in [0.15, 0.2) is 0 Å². The number of anilines is 1. The van der Waals surface area contributed by atoms with Crippen molar-refractivity contribution < 1.29 is 19.1 Å². The molecule has 2 heterocycles. The lowest BCUT2D eigenvalue weighted by atomic mass is 10.2. The van der Waals surface area contributed by atoms with Gasteiger partial charge in [-0.25, -0.2) is 4.79 Å². The minimum absolute atomic E-state index is 0.0443. The summed E-state index contributed by atoms with van der Waals surface area (Å²) in [5, 5.41) is 2.44. The van der Waals surface area contributed by atoms with Crippen molar-refractivity contribution in [2.24, 2.45) is 0 Å². The molecule has 0 spiro atoms. The van der Waals surface area contributed by atoms with Crippen LogP contribution in [0.15, 0.2) is 29.2 Å². The van der Waals surface area contributed by atoms with E-state index in [9.17, 15) is 14.4 Å². The smallest absolute Gasteiger partial charge is 0.410 e. The van der Waals surface area contributed by atoms with E-state index in [0.717, 1.165) is 23.4 Å². The van der Waals surface area contributed by atoms with Crippen molar-refractivity contribution in [2.75, 3.05) is 25.5 Å². The van der Waals surface area contributed by atoms with Gasteiger partial charge in [0.05, 0.1) is 10.9 Å². The molecule has 0 aliphatic carbocycles. The molecule has 1 fully saturated rings. The van der Waals surface area contributed by atoms with Crippen molar-refractivity contribution in [3.05, 3.63) is 24.3 Å². The molecule has 3 rings (SSSR count). The Hall–Kier alpha value is -2.22. The monoisotopic (exact) mass is 419 g/mol. The summed E-state index contributed by atoms with van der Waals surface area (Å²) in [6, 6.07) is 7.56. The van der Waals surface area contributed by atoms with Crippen LogP contribution in [0, 0.1) is 0 Å². The first-order chi connectivity index (χ1) is 13.6. The number of hydrogen-bond donors (Lipinski definition) is 1. The third kappa shape index (κ3) is 5.44. The summed E-state index contributed by atoms with van der Waals surface area (Å²) in [5.74, 6) is -0.180. The number of nitrogens with one attached hydrogen (secondary N) is 1. The predicted octanol–water partition coefficient (Wildman–Crippen LogP) is 3.35. The lowest BCUT2D eigenvalue weighted by molar-refractivity contribution is -0.133. The number of benzene rings is 1. The zero-order valence-corrected chi connectivity index (χ0v) is 18.3. The van der Waals surface area contributed by atoms with Crippen LogP contribution in [0.4, 0.5) is 10.5 Å². The molecule has 2 aliphatic heterocycles. The number of carbonyl (C=O) groups is 3. The van der Waals surface area contributed by atoms with Gasteiger partial charge in [0.25, 0.3) is 0 Å². The average Bonchev–Trinajstić information content (AvgIpc) is 3.09. The quantitative estimate of drug-likeness (QED) is 0.810. The molecular formula is C21H29N3O4S. The number of thioether (sulfide) groups is 1. The van der Waals surface area contributed by atoms with Gasteiger partial charge in [0, 0.05) is 37.5 Å². The highest BCUT2D eigenvalue weighted by molar-refractivity contribution is 8.01. The van der Waals surface area contributed by atoms with Crippen LogP contribution in [0.5, 0.6) is 0 Å². The van der Waals surface area contributed by atoms with Gasteiger partial charge in [-0.2, -0.15) is 0 Å². The number of nitrogens with zero attached hydrogens (tertiary/aromatic N) is 2. The van der Waals surface area contributed by atoms with Crippen molar-refractivity contribution >= 4 is 35.4 Å². The maximum Gasteiger partial charge on any atom is 0.410 e. The number of rotatable bonds is 4. The van der Waals surface area contributed by atoms with Crippen LogP contribution in [0.1, 0.15) is 40.0 Å². The topological polar surface area (TPSA) is 79.0 Å². The number of carbonyl (C=O) groups excluding carboxylic acids is 3. The number of hydrogen-bond acceptors (Lipinski definition) is 5. The van der Waals surface area contributed by atoms with Crippen LogP contribution < -0.4 is 5.32 Å². The Morgan fingerprint density at radius 1 is 1.31 bits per heavy atom. The molecule has 1 aromatic rings. The Morgan fingerprint density at radius 2 is 2.03 bits per heavy atom. The molecule has 158 valence electrons. The zero-order chi connectivity index (χ0) is 21.2. The first-order valence-corrected chi connectivity index (χ1v) is 10.8. The Bertz CT molecular complexity index is 792. The van der Waals surface area contributed by atoms with Gasteiger partial charge in [-0.05, 0) is 45.7 Å². The second kappa shape index (κ2) is 8.65. The van der Waals surface area contributed by atoms with Crippen molar-refractivity contribution in [1.82, 2.24) is 9.80 Å². The Morgan fingerprint density at radius 3 is 2.76 bits per heavy atom. The highest BCUT2D eigenvalue weighted by Crippen LogP contribution is 2.37. The third-order valence-corrected chi connectivity index (χ3v) is 6.23. The second-order valence-electron chi connectivity index (χ2n) is 8.54. The summed E-state index contributed by atoms with van der Waals surface area (Å²) in [5.41, 5.74) is 0.238. The molecule has 2 aliphatic rings. The largest absolute Gasteiger partial charge is 0.444 e. The number of amides is 3. The first-order valence-electron chi connectivity index (χ1n) is 9.94. The molecule has 0 saturated carbocycles. The van der Waals surface area contributed by atoms with Gasteiger partial charge in [-0.3, -0.25) is 9.59 Å². The van der Waals surface area contributed by atoms with Gasteiger partial charge in [0.2, 0.25) is 11.8 Å². The summed E-state index contributed by atoms with van der Waals surface area (Å²) in [4.78, 5) is 41.9. The number of likely N-dealkylation sites (tertiary alicyclic amines) is 1. The molecule has 2 atom stereocenters. The first kappa shape index (κ1) is 21.5. The fourth-order valence-corrected chi connectivity index (χ4v) is 4.69. The molecule has 0 unspecified atom stereocenters. The maximum absolute atomic E-state index is 13.0. The lowest BCUT2D eigenvalue weighted by Crippen LogP contribution is -2.46. The number of fused-ring (bicyclic) bond motifs is 1. The van der Waals surface area contributed by atoms with E-state index in [2.05, 4.69) is 5.32 Å². The van der Waals surface area contributed by atoms with Crippen molar-refractivity contribution in [1.29, 1.82) is 0 Å².